The molecule has 0 spiro atoms. The van der Waals surface area contributed by atoms with Crippen LogP contribution in [0.2, 0.25) is 0 Å². The van der Waals surface area contributed by atoms with Crippen LogP contribution in [0.4, 0.5) is 5.82 Å². The zero-order valence-electron chi connectivity index (χ0n) is 9.77. The van der Waals surface area contributed by atoms with Crippen molar-refractivity contribution in [3.63, 3.8) is 0 Å². The van der Waals surface area contributed by atoms with Crippen LogP contribution in [0.1, 0.15) is 24.4 Å². The lowest BCUT2D eigenvalue weighted by Crippen LogP contribution is -2.21. The van der Waals surface area contributed by atoms with Crippen molar-refractivity contribution in [3.8, 4) is 0 Å². The Labute approximate surface area is 91.7 Å². The van der Waals surface area contributed by atoms with E-state index in [1.54, 1.807) is 0 Å². The van der Waals surface area contributed by atoms with Crippen LogP contribution < -0.4 is 4.90 Å². The summed E-state index contributed by atoms with van der Waals surface area (Å²) in [7, 11) is 6.31. The molecule has 0 N–H and O–H groups in total. The minimum Gasteiger partial charge on any atom is -0.362 e. The molecule has 0 bridgehead atoms. The zero-order valence-corrected chi connectivity index (χ0v) is 9.77. The number of likely N-dealkylation sites (tertiary alicyclic amines) is 1. The molecule has 1 unspecified atom stereocenters. The number of nitrogens with zero attached hydrogens (tertiary/aromatic N) is 3. The van der Waals surface area contributed by atoms with Crippen LogP contribution in [-0.2, 0) is 0 Å². The molecular formula is C12H19N3. The lowest BCUT2D eigenvalue weighted by atomic mass is 10.1. The lowest BCUT2D eigenvalue weighted by Gasteiger charge is -2.24. The number of hydrogen-bond acceptors (Lipinski definition) is 3. The van der Waals surface area contributed by atoms with Crippen LogP contribution in [0.5, 0.6) is 0 Å². The number of hydrogen-bond donors (Lipinski definition) is 0. The van der Waals surface area contributed by atoms with Crippen LogP contribution in [-0.4, -0.2) is 37.6 Å². The molecule has 3 heteroatoms. The molecule has 1 atom stereocenters. The normalized spacial score (nSPS) is 21.9. The summed E-state index contributed by atoms with van der Waals surface area (Å²) in [6.07, 6.45) is 4.42. The Morgan fingerprint density at radius 2 is 2.27 bits per heavy atom. The highest BCUT2D eigenvalue weighted by Crippen LogP contribution is 2.34. The summed E-state index contributed by atoms with van der Waals surface area (Å²) in [5.41, 5.74) is 1.36. The highest BCUT2D eigenvalue weighted by atomic mass is 15.2. The molecule has 0 saturated carbocycles. The Morgan fingerprint density at radius 1 is 1.47 bits per heavy atom. The third kappa shape index (κ3) is 1.97. The van der Waals surface area contributed by atoms with Crippen LogP contribution in [0.15, 0.2) is 18.3 Å². The molecule has 0 aromatic carbocycles. The first-order valence-corrected chi connectivity index (χ1v) is 5.52. The van der Waals surface area contributed by atoms with Gasteiger partial charge in [-0.1, -0.05) is 6.07 Å². The van der Waals surface area contributed by atoms with Crippen molar-refractivity contribution in [3.05, 3.63) is 23.9 Å². The summed E-state index contributed by atoms with van der Waals surface area (Å²) in [6.45, 7) is 1.20. The van der Waals surface area contributed by atoms with E-state index in [2.05, 4.69) is 42.0 Å². The number of aromatic nitrogens is 1. The van der Waals surface area contributed by atoms with E-state index in [0.717, 1.165) is 5.82 Å². The SMILES string of the molecule is CN(C)c1ncccc1C1CCCN1C. The van der Waals surface area contributed by atoms with Gasteiger partial charge in [-0.15, -0.1) is 0 Å². The van der Waals surface area contributed by atoms with Gasteiger partial charge in [0, 0.05) is 31.9 Å². The van der Waals surface area contributed by atoms with Crippen LogP contribution in [0.25, 0.3) is 0 Å². The predicted octanol–water partition coefficient (Wildman–Crippen LogP) is 1.91. The van der Waals surface area contributed by atoms with Gasteiger partial charge >= 0.3 is 0 Å². The quantitative estimate of drug-likeness (QED) is 0.735. The summed E-state index contributed by atoms with van der Waals surface area (Å²) in [6, 6.07) is 4.79. The lowest BCUT2D eigenvalue weighted by molar-refractivity contribution is 0.317. The van der Waals surface area contributed by atoms with E-state index in [9.17, 15) is 0 Å². The van der Waals surface area contributed by atoms with E-state index in [1.807, 2.05) is 12.3 Å². The first-order valence-electron chi connectivity index (χ1n) is 5.52. The summed E-state index contributed by atoms with van der Waals surface area (Å²) >= 11 is 0. The van der Waals surface area contributed by atoms with Gasteiger partial charge in [0.2, 0.25) is 0 Å². The molecule has 1 aromatic rings. The van der Waals surface area contributed by atoms with Crippen LogP contribution in [0.3, 0.4) is 0 Å². The molecule has 1 saturated heterocycles. The molecule has 2 rings (SSSR count). The number of pyridine rings is 1. The largest absolute Gasteiger partial charge is 0.362 e. The van der Waals surface area contributed by atoms with Gasteiger partial charge in [0.25, 0.3) is 0 Å². The number of rotatable bonds is 2. The van der Waals surface area contributed by atoms with Gasteiger partial charge in [0.1, 0.15) is 5.82 Å². The van der Waals surface area contributed by atoms with E-state index < -0.39 is 0 Å². The van der Waals surface area contributed by atoms with Gasteiger partial charge in [-0.25, -0.2) is 4.98 Å². The van der Waals surface area contributed by atoms with Crippen LogP contribution in [0, 0.1) is 0 Å². The van der Waals surface area contributed by atoms with Gasteiger partial charge in [0.15, 0.2) is 0 Å². The van der Waals surface area contributed by atoms with Gasteiger partial charge in [0.05, 0.1) is 0 Å². The molecule has 2 heterocycles. The Morgan fingerprint density at radius 3 is 2.87 bits per heavy atom. The van der Waals surface area contributed by atoms with Crippen molar-refractivity contribution in [1.29, 1.82) is 0 Å². The molecule has 1 fully saturated rings. The third-order valence-corrected chi connectivity index (χ3v) is 3.12. The highest BCUT2D eigenvalue weighted by Gasteiger charge is 2.25. The van der Waals surface area contributed by atoms with E-state index >= 15 is 0 Å². The fourth-order valence-electron chi connectivity index (χ4n) is 2.35. The second kappa shape index (κ2) is 4.19. The molecule has 82 valence electrons. The molecule has 0 aliphatic carbocycles. The summed E-state index contributed by atoms with van der Waals surface area (Å²) in [5.74, 6) is 1.11. The molecule has 0 radical (unpaired) electrons. The average Bonchev–Trinajstić information content (AvgIpc) is 2.64. The van der Waals surface area contributed by atoms with Crippen molar-refractivity contribution in [2.45, 2.75) is 18.9 Å². The van der Waals surface area contributed by atoms with E-state index in [0.29, 0.717) is 6.04 Å². The molecule has 3 nitrogen and oxygen atoms in total. The molecule has 15 heavy (non-hydrogen) atoms. The molecule has 1 aliphatic rings. The van der Waals surface area contributed by atoms with Gasteiger partial charge < -0.3 is 4.90 Å². The van der Waals surface area contributed by atoms with Crippen molar-refractivity contribution in [2.24, 2.45) is 0 Å². The third-order valence-electron chi connectivity index (χ3n) is 3.12. The topological polar surface area (TPSA) is 19.4 Å². The minimum atomic E-state index is 0.552. The number of anilines is 1. The maximum Gasteiger partial charge on any atom is 0.132 e. The first kappa shape index (κ1) is 10.4. The zero-order chi connectivity index (χ0) is 10.8. The summed E-state index contributed by atoms with van der Waals surface area (Å²) < 4.78 is 0. The predicted molar refractivity (Wildman–Crippen MR) is 63.2 cm³/mol. The second-order valence-corrected chi connectivity index (χ2v) is 4.45. The summed E-state index contributed by atoms with van der Waals surface area (Å²) in [4.78, 5) is 8.98. The fraction of sp³-hybridized carbons (Fsp3) is 0.583. The van der Waals surface area contributed by atoms with E-state index in [-0.39, 0.29) is 0 Å². The molecule has 1 aliphatic heterocycles. The second-order valence-electron chi connectivity index (χ2n) is 4.45. The molecular weight excluding hydrogens is 186 g/mol. The monoisotopic (exact) mass is 205 g/mol. The maximum atomic E-state index is 4.46. The van der Waals surface area contributed by atoms with Crippen molar-refractivity contribution in [2.75, 3.05) is 32.6 Å². The van der Waals surface area contributed by atoms with Crippen molar-refractivity contribution >= 4 is 5.82 Å². The highest BCUT2D eigenvalue weighted by molar-refractivity contribution is 5.47. The van der Waals surface area contributed by atoms with E-state index in [4.69, 9.17) is 0 Å². The molecule has 1 aromatic heterocycles. The Bertz CT molecular complexity index is 335. The smallest absolute Gasteiger partial charge is 0.132 e. The minimum absolute atomic E-state index is 0.552. The van der Waals surface area contributed by atoms with Crippen LogP contribution >= 0.6 is 0 Å². The maximum absolute atomic E-state index is 4.46. The first-order chi connectivity index (χ1) is 7.20. The molecule has 0 amide bonds. The average molecular weight is 205 g/mol. The van der Waals surface area contributed by atoms with Gasteiger partial charge in [-0.2, -0.15) is 0 Å². The summed E-state index contributed by atoms with van der Waals surface area (Å²) in [5, 5.41) is 0. The van der Waals surface area contributed by atoms with Crippen molar-refractivity contribution < 1.29 is 0 Å². The Hall–Kier alpha value is -1.09. The standard InChI is InChI=1S/C12H19N3/c1-14(2)12-10(6-4-8-13-12)11-7-5-9-15(11)3/h4,6,8,11H,5,7,9H2,1-3H3. The van der Waals surface area contributed by atoms with E-state index in [1.165, 1.54) is 24.9 Å². The van der Waals surface area contributed by atoms with Gasteiger partial charge in [-0.05, 0) is 32.5 Å². The fourth-order valence-corrected chi connectivity index (χ4v) is 2.35. The Balaban J connectivity index is 2.34. The Kier molecular flexibility index (Phi) is 2.91. The van der Waals surface area contributed by atoms with Gasteiger partial charge in [-0.3, -0.25) is 4.90 Å². The van der Waals surface area contributed by atoms with Crippen molar-refractivity contribution in [1.82, 2.24) is 9.88 Å².